The van der Waals surface area contributed by atoms with E-state index in [1.54, 1.807) is 18.0 Å². The Kier molecular flexibility index (Phi) is 4.19. The third kappa shape index (κ3) is 3.22. The predicted molar refractivity (Wildman–Crippen MR) is 72.9 cm³/mol. The van der Waals surface area contributed by atoms with Crippen LogP contribution in [0.3, 0.4) is 0 Å². The van der Waals surface area contributed by atoms with Gasteiger partial charge in [0.15, 0.2) is 5.16 Å². The summed E-state index contributed by atoms with van der Waals surface area (Å²) in [6, 6.07) is 1.96. The molecule has 0 aliphatic heterocycles. The molecule has 0 saturated heterocycles. The maximum atomic E-state index is 4.42. The second kappa shape index (κ2) is 5.86. The zero-order valence-corrected chi connectivity index (χ0v) is 11.7. The van der Waals surface area contributed by atoms with Gasteiger partial charge < -0.3 is 9.88 Å². The fraction of sp³-hybridized carbons (Fsp3) is 0.417. The zero-order valence-electron chi connectivity index (χ0n) is 10.8. The molecule has 0 saturated carbocycles. The number of hydrogen-bond acceptors (Lipinski definition) is 5. The van der Waals surface area contributed by atoms with Crippen LogP contribution in [0.2, 0.25) is 0 Å². The van der Waals surface area contributed by atoms with Crippen LogP contribution in [0.1, 0.15) is 19.2 Å². The lowest BCUT2D eigenvalue weighted by Gasteiger charge is -2.07. The van der Waals surface area contributed by atoms with Crippen molar-refractivity contribution in [2.45, 2.75) is 30.5 Å². The van der Waals surface area contributed by atoms with Crippen molar-refractivity contribution in [1.82, 2.24) is 19.5 Å². The van der Waals surface area contributed by atoms with Crippen LogP contribution in [0, 0.1) is 6.92 Å². The van der Waals surface area contributed by atoms with Crippen LogP contribution >= 0.6 is 11.8 Å². The molecule has 0 unspecified atom stereocenters. The largest absolute Gasteiger partial charge is 0.370 e. The second-order valence-electron chi connectivity index (χ2n) is 3.99. The topological polar surface area (TPSA) is 55.6 Å². The van der Waals surface area contributed by atoms with Gasteiger partial charge in [-0.25, -0.2) is 15.0 Å². The first-order chi connectivity index (χ1) is 8.69. The number of nitrogens with one attached hydrogen (secondary N) is 1. The molecule has 0 spiro atoms. The first-order valence-electron chi connectivity index (χ1n) is 5.93. The SMILES string of the molecule is CCCNc1cc(Sc2nccn2C)nc(C)n1. The summed E-state index contributed by atoms with van der Waals surface area (Å²) in [5.74, 6) is 1.65. The van der Waals surface area contributed by atoms with Crippen molar-refractivity contribution in [2.75, 3.05) is 11.9 Å². The zero-order chi connectivity index (χ0) is 13.0. The summed E-state index contributed by atoms with van der Waals surface area (Å²) in [5.41, 5.74) is 0. The van der Waals surface area contributed by atoms with Gasteiger partial charge in [0, 0.05) is 32.1 Å². The standard InChI is InChI=1S/C12H17N5S/c1-4-5-13-10-8-11(16-9(2)15-10)18-12-14-6-7-17(12)3/h6-8H,4-5H2,1-3H3,(H,13,15,16). The Balaban J connectivity index is 2.17. The lowest BCUT2D eigenvalue weighted by atomic mass is 10.4. The maximum absolute atomic E-state index is 4.42. The van der Waals surface area contributed by atoms with Gasteiger partial charge in [-0.15, -0.1) is 0 Å². The summed E-state index contributed by atoms with van der Waals surface area (Å²) in [7, 11) is 1.97. The summed E-state index contributed by atoms with van der Waals surface area (Å²) < 4.78 is 1.97. The third-order valence-corrected chi connectivity index (χ3v) is 3.34. The molecule has 0 fully saturated rings. The van der Waals surface area contributed by atoms with Gasteiger partial charge in [0.1, 0.15) is 16.7 Å². The van der Waals surface area contributed by atoms with Crippen LogP contribution in [0.4, 0.5) is 5.82 Å². The van der Waals surface area contributed by atoms with Crippen LogP contribution in [0.5, 0.6) is 0 Å². The Bertz CT molecular complexity index is 523. The molecule has 0 atom stereocenters. The Morgan fingerprint density at radius 1 is 1.39 bits per heavy atom. The average molecular weight is 263 g/mol. The molecule has 6 heteroatoms. The molecule has 2 heterocycles. The number of hydrogen-bond donors (Lipinski definition) is 1. The molecule has 2 rings (SSSR count). The Labute approximate surface area is 111 Å². The highest BCUT2D eigenvalue weighted by Gasteiger charge is 2.06. The molecular formula is C12H17N5S. The van der Waals surface area contributed by atoms with Gasteiger partial charge in [0.2, 0.25) is 0 Å². The van der Waals surface area contributed by atoms with E-state index in [0.29, 0.717) is 0 Å². The molecule has 96 valence electrons. The summed E-state index contributed by atoms with van der Waals surface area (Å²) in [4.78, 5) is 13.1. The maximum Gasteiger partial charge on any atom is 0.174 e. The lowest BCUT2D eigenvalue weighted by Crippen LogP contribution is -2.04. The Hall–Kier alpha value is -1.56. The third-order valence-electron chi connectivity index (χ3n) is 2.34. The number of aryl methyl sites for hydroxylation is 2. The Morgan fingerprint density at radius 3 is 2.89 bits per heavy atom. The molecule has 2 aromatic heterocycles. The van der Waals surface area contributed by atoms with Gasteiger partial charge in [-0.05, 0) is 25.1 Å². The van der Waals surface area contributed by atoms with E-state index in [-0.39, 0.29) is 0 Å². The fourth-order valence-electron chi connectivity index (χ4n) is 1.48. The van der Waals surface area contributed by atoms with Crippen molar-refractivity contribution < 1.29 is 0 Å². The van der Waals surface area contributed by atoms with E-state index >= 15 is 0 Å². The number of nitrogens with zero attached hydrogens (tertiary/aromatic N) is 4. The first kappa shape index (κ1) is 12.9. The van der Waals surface area contributed by atoms with Crippen molar-refractivity contribution in [2.24, 2.45) is 7.05 Å². The van der Waals surface area contributed by atoms with E-state index in [4.69, 9.17) is 0 Å². The summed E-state index contributed by atoms with van der Waals surface area (Å²) in [6.45, 7) is 4.95. The van der Waals surface area contributed by atoms with Crippen LogP contribution < -0.4 is 5.32 Å². The van der Waals surface area contributed by atoms with Crippen molar-refractivity contribution in [3.8, 4) is 0 Å². The highest BCUT2D eigenvalue weighted by molar-refractivity contribution is 7.99. The highest BCUT2D eigenvalue weighted by Crippen LogP contribution is 2.25. The monoisotopic (exact) mass is 263 g/mol. The van der Waals surface area contributed by atoms with E-state index in [1.165, 1.54) is 0 Å². The summed E-state index contributed by atoms with van der Waals surface area (Å²) in [6.07, 6.45) is 4.78. The van der Waals surface area contributed by atoms with Gasteiger partial charge in [0.25, 0.3) is 0 Å². The van der Waals surface area contributed by atoms with Crippen molar-refractivity contribution >= 4 is 17.6 Å². The number of imidazole rings is 1. The van der Waals surface area contributed by atoms with E-state index in [2.05, 4.69) is 27.2 Å². The lowest BCUT2D eigenvalue weighted by molar-refractivity contribution is 0.787. The molecule has 0 bridgehead atoms. The molecular weight excluding hydrogens is 246 g/mol. The fourth-order valence-corrected chi connectivity index (χ4v) is 2.33. The van der Waals surface area contributed by atoms with Gasteiger partial charge in [0.05, 0.1) is 0 Å². The molecule has 0 radical (unpaired) electrons. The first-order valence-corrected chi connectivity index (χ1v) is 6.75. The molecule has 0 aliphatic carbocycles. The number of rotatable bonds is 5. The minimum absolute atomic E-state index is 0.771. The minimum Gasteiger partial charge on any atom is -0.370 e. The van der Waals surface area contributed by atoms with Crippen molar-refractivity contribution in [3.63, 3.8) is 0 Å². The van der Waals surface area contributed by atoms with Crippen LogP contribution in [0.25, 0.3) is 0 Å². The average Bonchev–Trinajstić information content (AvgIpc) is 2.72. The van der Waals surface area contributed by atoms with Crippen LogP contribution in [-0.2, 0) is 7.05 Å². The Morgan fingerprint density at radius 2 is 2.22 bits per heavy atom. The molecule has 5 nitrogen and oxygen atoms in total. The van der Waals surface area contributed by atoms with E-state index < -0.39 is 0 Å². The summed E-state index contributed by atoms with van der Waals surface area (Å²) in [5, 5.41) is 5.12. The highest BCUT2D eigenvalue weighted by atomic mass is 32.2. The van der Waals surface area contributed by atoms with Gasteiger partial charge >= 0.3 is 0 Å². The normalized spacial score (nSPS) is 10.6. The predicted octanol–water partition coefficient (Wildman–Crippen LogP) is 2.49. The van der Waals surface area contributed by atoms with Gasteiger partial charge in [-0.1, -0.05) is 6.92 Å². The molecule has 0 aromatic carbocycles. The van der Waals surface area contributed by atoms with E-state index in [9.17, 15) is 0 Å². The van der Waals surface area contributed by atoms with E-state index in [1.807, 2.05) is 30.8 Å². The van der Waals surface area contributed by atoms with Gasteiger partial charge in [-0.3, -0.25) is 0 Å². The molecule has 0 aliphatic rings. The second-order valence-corrected chi connectivity index (χ2v) is 4.98. The smallest absolute Gasteiger partial charge is 0.174 e. The van der Waals surface area contributed by atoms with Crippen LogP contribution in [0.15, 0.2) is 28.6 Å². The van der Waals surface area contributed by atoms with E-state index in [0.717, 1.165) is 34.8 Å². The molecule has 18 heavy (non-hydrogen) atoms. The number of aromatic nitrogens is 4. The molecule has 1 N–H and O–H groups in total. The van der Waals surface area contributed by atoms with Gasteiger partial charge in [-0.2, -0.15) is 0 Å². The summed E-state index contributed by atoms with van der Waals surface area (Å²) >= 11 is 1.54. The molecule has 2 aromatic rings. The van der Waals surface area contributed by atoms with Crippen LogP contribution in [-0.4, -0.2) is 26.1 Å². The quantitative estimate of drug-likeness (QED) is 0.840. The number of anilines is 1. The molecule has 0 amide bonds. The van der Waals surface area contributed by atoms with Crippen molar-refractivity contribution in [1.29, 1.82) is 0 Å². The van der Waals surface area contributed by atoms with Crippen molar-refractivity contribution in [3.05, 3.63) is 24.3 Å². The minimum atomic E-state index is 0.771.